The van der Waals surface area contributed by atoms with Crippen LogP contribution in [-0.4, -0.2) is 71.0 Å². The molecule has 0 unspecified atom stereocenters. The zero-order chi connectivity index (χ0) is 15.0. The Morgan fingerprint density at radius 1 is 1.40 bits per heavy atom. The van der Waals surface area contributed by atoms with Crippen LogP contribution in [-0.2, 0) is 6.54 Å². The first-order valence-corrected chi connectivity index (χ1v) is 6.85. The predicted octanol–water partition coefficient (Wildman–Crippen LogP) is -0.845. The zero-order valence-corrected chi connectivity index (χ0v) is 12.5. The van der Waals surface area contributed by atoms with Gasteiger partial charge in [-0.05, 0) is 40.2 Å². The third-order valence-electron chi connectivity index (χ3n) is 3.07. The number of rotatable bonds is 9. The van der Waals surface area contributed by atoms with E-state index in [1.807, 2.05) is 5.43 Å². The van der Waals surface area contributed by atoms with Crippen LogP contribution in [0.5, 0.6) is 0 Å². The second-order valence-corrected chi connectivity index (χ2v) is 4.93. The van der Waals surface area contributed by atoms with Gasteiger partial charge in [0.15, 0.2) is 5.69 Å². The monoisotopic (exact) mass is 283 g/mol. The lowest BCUT2D eigenvalue weighted by molar-refractivity contribution is 0.0948. The first-order valence-electron chi connectivity index (χ1n) is 6.85. The summed E-state index contributed by atoms with van der Waals surface area (Å²) in [7, 11) is 4.16. The van der Waals surface area contributed by atoms with Crippen molar-refractivity contribution in [1.82, 2.24) is 30.2 Å². The highest BCUT2D eigenvalue weighted by Crippen LogP contribution is 1.96. The first-order chi connectivity index (χ1) is 9.56. The molecule has 1 aromatic heterocycles. The van der Waals surface area contributed by atoms with Crippen molar-refractivity contribution in [2.24, 2.45) is 5.84 Å². The Hall–Kier alpha value is -1.51. The van der Waals surface area contributed by atoms with E-state index in [-0.39, 0.29) is 5.69 Å². The predicted molar refractivity (Wildman–Crippen MR) is 77.0 cm³/mol. The van der Waals surface area contributed by atoms with Gasteiger partial charge in [-0.15, -0.1) is 5.10 Å². The Morgan fingerprint density at radius 3 is 2.75 bits per heavy atom. The van der Waals surface area contributed by atoms with E-state index in [0.717, 1.165) is 32.6 Å². The summed E-state index contributed by atoms with van der Waals surface area (Å²) in [5.74, 6) is 4.63. The molecule has 8 heteroatoms. The number of likely N-dealkylation sites (N-methyl/N-ethyl adjacent to an activating group) is 1. The van der Waals surface area contributed by atoms with Crippen molar-refractivity contribution in [1.29, 1.82) is 0 Å². The lowest BCUT2D eigenvalue weighted by Gasteiger charge is -2.21. The summed E-state index contributed by atoms with van der Waals surface area (Å²) < 4.78 is 1.67. The third kappa shape index (κ3) is 5.64. The molecule has 1 heterocycles. The fourth-order valence-corrected chi connectivity index (χ4v) is 1.87. The topological polar surface area (TPSA) is 92.3 Å². The number of carbonyl (C=O) groups is 1. The molecular weight excluding hydrogens is 258 g/mol. The number of carbonyl (C=O) groups excluding carboxylic acids is 1. The molecule has 0 spiro atoms. The fourth-order valence-electron chi connectivity index (χ4n) is 1.87. The molecule has 0 saturated heterocycles. The lowest BCUT2D eigenvalue weighted by atomic mass is 10.3. The number of aromatic nitrogens is 3. The number of nitrogens with zero attached hydrogens (tertiary/aromatic N) is 5. The highest BCUT2D eigenvalue weighted by Gasteiger charge is 2.09. The van der Waals surface area contributed by atoms with Gasteiger partial charge < -0.3 is 9.80 Å². The van der Waals surface area contributed by atoms with Crippen molar-refractivity contribution >= 4 is 5.91 Å². The summed E-state index contributed by atoms with van der Waals surface area (Å²) in [6.07, 6.45) is 2.74. The van der Waals surface area contributed by atoms with Gasteiger partial charge in [0.05, 0.1) is 12.7 Å². The van der Waals surface area contributed by atoms with Gasteiger partial charge in [0.25, 0.3) is 5.91 Å². The molecule has 0 saturated carbocycles. The maximum absolute atomic E-state index is 11.3. The Balaban J connectivity index is 2.36. The van der Waals surface area contributed by atoms with E-state index < -0.39 is 5.91 Å². The summed E-state index contributed by atoms with van der Waals surface area (Å²) >= 11 is 0. The Kier molecular flexibility index (Phi) is 7.13. The minimum Gasteiger partial charge on any atom is -0.309 e. The van der Waals surface area contributed by atoms with Gasteiger partial charge in [-0.2, -0.15) is 0 Å². The van der Waals surface area contributed by atoms with Gasteiger partial charge in [0.2, 0.25) is 0 Å². The smallest absolute Gasteiger partial charge is 0.287 e. The number of nitrogens with one attached hydrogen (secondary N) is 1. The molecule has 1 rings (SSSR count). The van der Waals surface area contributed by atoms with Crippen molar-refractivity contribution in [3.05, 3.63) is 11.9 Å². The van der Waals surface area contributed by atoms with Gasteiger partial charge in [0, 0.05) is 6.54 Å². The molecule has 0 aliphatic rings. The van der Waals surface area contributed by atoms with Gasteiger partial charge in [-0.25, -0.2) is 5.84 Å². The van der Waals surface area contributed by atoms with Crippen molar-refractivity contribution in [3.8, 4) is 0 Å². The highest BCUT2D eigenvalue weighted by molar-refractivity contribution is 5.91. The molecule has 1 amide bonds. The molecule has 114 valence electrons. The summed E-state index contributed by atoms with van der Waals surface area (Å²) in [5.41, 5.74) is 2.28. The average molecular weight is 283 g/mol. The molecule has 0 aliphatic heterocycles. The van der Waals surface area contributed by atoms with Crippen LogP contribution in [0, 0.1) is 0 Å². The number of amides is 1. The molecular formula is C12H25N7O. The van der Waals surface area contributed by atoms with Gasteiger partial charge in [0.1, 0.15) is 0 Å². The minimum absolute atomic E-state index is 0.239. The van der Waals surface area contributed by atoms with Gasteiger partial charge in [-0.3, -0.25) is 14.9 Å². The average Bonchev–Trinajstić information content (AvgIpc) is 2.90. The zero-order valence-electron chi connectivity index (χ0n) is 12.5. The molecule has 0 aliphatic carbocycles. The molecule has 0 bridgehead atoms. The molecule has 0 fully saturated rings. The summed E-state index contributed by atoms with van der Waals surface area (Å²) in [5, 5.41) is 7.69. The number of hydrogen-bond acceptors (Lipinski definition) is 6. The van der Waals surface area contributed by atoms with Crippen molar-refractivity contribution < 1.29 is 4.79 Å². The Morgan fingerprint density at radius 2 is 2.15 bits per heavy atom. The largest absolute Gasteiger partial charge is 0.309 e. The summed E-state index contributed by atoms with van der Waals surface area (Å²) in [6.45, 7) is 6.88. The van der Waals surface area contributed by atoms with E-state index >= 15 is 0 Å². The molecule has 0 radical (unpaired) electrons. The maximum Gasteiger partial charge on any atom is 0.287 e. The number of hydrazine groups is 1. The highest BCUT2D eigenvalue weighted by atomic mass is 16.2. The van der Waals surface area contributed by atoms with E-state index in [2.05, 4.69) is 41.1 Å². The van der Waals surface area contributed by atoms with E-state index in [1.54, 1.807) is 10.9 Å². The van der Waals surface area contributed by atoms with Crippen molar-refractivity contribution in [2.45, 2.75) is 19.9 Å². The number of nitrogen functional groups attached to an aromatic ring is 1. The maximum atomic E-state index is 11.3. The van der Waals surface area contributed by atoms with Crippen LogP contribution in [0.3, 0.4) is 0 Å². The van der Waals surface area contributed by atoms with Crippen molar-refractivity contribution in [2.75, 3.05) is 40.3 Å². The van der Waals surface area contributed by atoms with Crippen LogP contribution in [0.25, 0.3) is 0 Å². The molecule has 3 N–H and O–H groups in total. The molecule has 8 nitrogen and oxygen atoms in total. The second-order valence-electron chi connectivity index (χ2n) is 4.93. The van der Waals surface area contributed by atoms with Crippen LogP contribution in [0.4, 0.5) is 0 Å². The van der Waals surface area contributed by atoms with Crippen LogP contribution in [0.1, 0.15) is 23.8 Å². The quantitative estimate of drug-likeness (QED) is 0.349. The second kappa shape index (κ2) is 8.62. The molecule has 1 aromatic rings. The van der Waals surface area contributed by atoms with Crippen LogP contribution < -0.4 is 11.3 Å². The summed E-state index contributed by atoms with van der Waals surface area (Å²) in [6, 6.07) is 0. The van der Waals surface area contributed by atoms with E-state index in [1.165, 1.54) is 0 Å². The number of hydrogen-bond donors (Lipinski definition) is 2. The van der Waals surface area contributed by atoms with Gasteiger partial charge >= 0.3 is 0 Å². The Bertz CT molecular complexity index is 404. The normalized spacial score (nSPS) is 11.3. The molecule has 20 heavy (non-hydrogen) atoms. The van der Waals surface area contributed by atoms with Crippen LogP contribution >= 0.6 is 0 Å². The van der Waals surface area contributed by atoms with Gasteiger partial charge in [-0.1, -0.05) is 12.1 Å². The SMILES string of the molecule is CCN(CCCN(C)C)CCn1cc(C(=O)NN)nn1. The Labute approximate surface area is 119 Å². The fraction of sp³-hybridized carbons (Fsp3) is 0.750. The first kappa shape index (κ1) is 16.5. The number of nitrogens with two attached hydrogens (primary N) is 1. The van der Waals surface area contributed by atoms with E-state index in [4.69, 9.17) is 5.84 Å². The van der Waals surface area contributed by atoms with Crippen LogP contribution in [0.15, 0.2) is 6.20 Å². The van der Waals surface area contributed by atoms with Crippen LogP contribution in [0.2, 0.25) is 0 Å². The van der Waals surface area contributed by atoms with E-state index in [0.29, 0.717) is 6.54 Å². The summed E-state index contributed by atoms with van der Waals surface area (Å²) in [4.78, 5) is 15.8. The minimum atomic E-state index is -0.422. The lowest BCUT2D eigenvalue weighted by Crippen LogP contribution is -2.30. The van der Waals surface area contributed by atoms with E-state index in [9.17, 15) is 4.79 Å². The third-order valence-corrected chi connectivity index (χ3v) is 3.07. The standard InChI is InChI=1S/C12H25N7O/c1-4-18(7-5-6-17(2)3)8-9-19-10-11(15-16-19)12(20)14-13/h10H,4-9,13H2,1-3H3,(H,14,20). The molecule has 0 atom stereocenters. The van der Waals surface area contributed by atoms with Crippen molar-refractivity contribution in [3.63, 3.8) is 0 Å². The molecule has 0 aromatic carbocycles.